The van der Waals surface area contributed by atoms with Crippen LogP contribution in [0.25, 0.3) is 0 Å². The topological polar surface area (TPSA) is 12.0 Å². The molecule has 0 spiro atoms. The Kier molecular flexibility index (Phi) is 8.75. The molecule has 1 aliphatic rings. The fourth-order valence-electron chi connectivity index (χ4n) is 3.76. The van der Waals surface area contributed by atoms with Gasteiger partial charge in [0, 0.05) is 12.6 Å². The van der Waals surface area contributed by atoms with Crippen LogP contribution in [0.3, 0.4) is 0 Å². The standard InChI is InChI=1S/C21H41N/c1-7-9-11-18(4)22-16-19-14-20(17(3)8-2)12-10-13-21(5,6)15-19/h14,17-18,20,22H,7-13,15-16H2,1-6H3/b19-14+. The molecule has 22 heavy (non-hydrogen) atoms. The summed E-state index contributed by atoms with van der Waals surface area (Å²) in [6, 6.07) is 0.649. The average Bonchev–Trinajstić information content (AvgIpc) is 2.46. The smallest absolute Gasteiger partial charge is 0.0167 e. The molecule has 1 nitrogen and oxygen atoms in total. The molecule has 0 fully saturated rings. The van der Waals surface area contributed by atoms with E-state index in [1.807, 2.05) is 0 Å². The van der Waals surface area contributed by atoms with Crippen molar-refractivity contribution in [2.24, 2.45) is 17.3 Å². The predicted molar refractivity (Wildman–Crippen MR) is 100 cm³/mol. The van der Waals surface area contributed by atoms with Gasteiger partial charge in [0.1, 0.15) is 0 Å². The average molecular weight is 308 g/mol. The Bertz CT molecular complexity index is 329. The van der Waals surface area contributed by atoms with Crippen LogP contribution in [0.15, 0.2) is 11.6 Å². The molecule has 0 saturated carbocycles. The highest BCUT2D eigenvalue weighted by Gasteiger charge is 2.25. The summed E-state index contributed by atoms with van der Waals surface area (Å²) in [7, 11) is 0. The summed E-state index contributed by atoms with van der Waals surface area (Å²) in [6.07, 6.45) is 13.3. The number of hydrogen-bond donors (Lipinski definition) is 1. The van der Waals surface area contributed by atoms with E-state index in [-0.39, 0.29) is 0 Å². The number of rotatable bonds is 8. The predicted octanol–water partition coefficient (Wildman–Crippen LogP) is 6.34. The third kappa shape index (κ3) is 7.31. The highest BCUT2D eigenvalue weighted by molar-refractivity contribution is 5.11. The normalized spacial score (nSPS) is 27.4. The molecule has 1 N–H and O–H groups in total. The number of nitrogens with one attached hydrogen (secondary N) is 1. The number of allylic oxidation sites excluding steroid dienone is 1. The van der Waals surface area contributed by atoms with Crippen molar-refractivity contribution >= 4 is 0 Å². The third-order valence-electron chi connectivity index (χ3n) is 5.59. The first-order valence-electron chi connectivity index (χ1n) is 9.81. The number of hydrogen-bond acceptors (Lipinski definition) is 1. The minimum Gasteiger partial charge on any atom is -0.311 e. The lowest BCUT2D eigenvalue weighted by atomic mass is 9.74. The van der Waals surface area contributed by atoms with Crippen LogP contribution < -0.4 is 5.32 Å². The molecule has 3 unspecified atom stereocenters. The van der Waals surface area contributed by atoms with Crippen molar-refractivity contribution in [1.82, 2.24) is 5.32 Å². The van der Waals surface area contributed by atoms with Gasteiger partial charge in [-0.3, -0.25) is 0 Å². The molecule has 1 heteroatoms. The molecule has 0 heterocycles. The van der Waals surface area contributed by atoms with Gasteiger partial charge < -0.3 is 5.32 Å². The van der Waals surface area contributed by atoms with Crippen molar-refractivity contribution in [1.29, 1.82) is 0 Å². The summed E-state index contributed by atoms with van der Waals surface area (Å²) >= 11 is 0. The van der Waals surface area contributed by atoms with Gasteiger partial charge in [-0.2, -0.15) is 0 Å². The van der Waals surface area contributed by atoms with Gasteiger partial charge in [-0.15, -0.1) is 0 Å². The van der Waals surface area contributed by atoms with E-state index in [0.29, 0.717) is 11.5 Å². The Morgan fingerprint density at radius 1 is 1.27 bits per heavy atom. The highest BCUT2D eigenvalue weighted by Crippen LogP contribution is 2.37. The van der Waals surface area contributed by atoms with Gasteiger partial charge in [-0.25, -0.2) is 0 Å². The second-order valence-electron chi connectivity index (χ2n) is 8.53. The molecule has 0 aromatic carbocycles. The fraction of sp³-hybridized carbons (Fsp3) is 0.905. The Labute approximate surface area is 140 Å². The molecule has 0 saturated heterocycles. The lowest BCUT2D eigenvalue weighted by Gasteiger charge is -2.32. The van der Waals surface area contributed by atoms with E-state index in [4.69, 9.17) is 0 Å². The first-order chi connectivity index (χ1) is 10.4. The molecule has 0 amide bonds. The van der Waals surface area contributed by atoms with Crippen LogP contribution in [0, 0.1) is 17.3 Å². The largest absolute Gasteiger partial charge is 0.311 e. The first-order valence-corrected chi connectivity index (χ1v) is 9.81. The van der Waals surface area contributed by atoms with Gasteiger partial charge in [-0.1, -0.05) is 72.0 Å². The zero-order valence-electron chi connectivity index (χ0n) is 16.2. The summed E-state index contributed by atoms with van der Waals surface area (Å²) in [5.41, 5.74) is 2.14. The summed E-state index contributed by atoms with van der Waals surface area (Å²) in [4.78, 5) is 0. The Balaban J connectivity index is 2.69. The zero-order chi connectivity index (χ0) is 16.6. The van der Waals surface area contributed by atoms with Crippen LogP contribution in [0.5, 0.6) is 0 Å². The van der Waals surface area contributed by atoms with E-state index in [9.17, 15) is 0 Å². The molecule has 130 valence electrons. The molecule has 0 aromatic heterocycles. The van der Waals surface area contributed by atoms with Gasteiger partial charge in [0.2, 0.25) is 0 Å². The molecular formula is C21H41N. The zero-order valence-corrected chi connectivity index (χ0v) is 16.2. The Hall–Kier alpha value is -0.300. The molecular weight excluding hydrogens is 266 g/mol. The highest BCUT2D eigenvalue weighted by atomic mass is 14.9. The summed E-state index contributed by atoms with van der Waals surface area (Å²) in [5.74, 6) is 1.62. The molecule has 1 rings (SSSR count). The maximum atomic E-state index is 3.78. The van der Waals surface area contributed by atoms with E-state index < -0.39 is 0 Å². The SMILES string of the molecule is CCCCC(C)NC/C1=C/C(C(C)CC)CCCC(C)(C)C1. The van der Waals surface area contributed by atoms with Crippen LogP contribution >= 0.6 is 0 Å². The van der Waals surface area contributed by atoms with Crippen molar-refractivity contribution in [3.63, 3.8) is 0 Å². The molecule has 1 aliphatic carbocycles. The maximum Gasteiger partial charge on any atom is 0.0167 e. The summed E-state index contributed by atoms with van der Waals surface area (Å²) < 4.78 is 0. The minimum atomic E-state index is 0.473. The van der Waals surface area contributed by atoms with Crippen LogP contribution in [0.2, 0.25) is 0 Å². The molecule has 0 aromatic rings. The quantitative estimate of drug-likeness (QED) is 0.516. The fourth-order valence-corrected chi connectivity index (χ4v) is 3.76. The van der Waals surface area contributed by atoms with E-state index in [1.54, 1.807) is 5.57 Å². The van der Waals surface area contributed by atoms with Crippen molar-refractivity contribution in [3.05, 3.63) is 11.6 Å². The molecule has 0 radical (unpaired) electrons. The van der Waals surface area contributed by atoms with Gasteiger partial charge >= 0.3 is 0 Å². The second kappa shape index (κ2) is 9.75. The first kappa shape index (κ1) is 19.7. The summed E-state index contributed by atoms with van der Waals surface area (Å²) in [5, 5.41) is 3.78. The van der Waals surface area contributed by atoms with Gasteiger partial charge in [0.15, 0.2) is 0 Å². The second-order valence-corrected chi connectivity index (χ2v) is 8.53. The molecule has 0 aliphatic heterocycles. The van der Waals surface area contributed by atoms with Crippen molar-refractivity contribution in [3.8, 4) is 0 Å². The Morgan fingerprint density at radius 3 is 2.64 bits per heavy atom. The van der Waals surface area contributed by atoms with Crippen molar-refractivity contribution in [2.75, 3.05) is 6.54 Å². The van der Waals surface area contributed by atoms with Crippen molar-refractivity contribution in [2.45, 2.75) is 99.0 Å². The van der Waals surface area contributed by atoms with E-state index in [1.165, 1.54) is 51.4 Å². The van der Waals surface area contributed by atoms with E-state index in [0.717, 1.165) is 18.4 Å². The van der Waals surface area contributed by atoms with Gasteiger partial charge in [-0.05, 0) is 49.9 Å². The lowest BCUT2D eigenvalue weighted by molar-refractivity contribution is 0.276. The van der Waals surface area contributed by atoms with Crippen LogP contribution in [-0.2, 0) is 0 Å². The molecule has 3 atom stereocenters. The van der Waals surface area contributed by atoms with Gasteiger partial charge in [0.25, 0.3) is 0 Å². The van der Waals surface area contributed by atoms with Crippen molar-refractivity contribution < 1.29 is 0 Å². The van der Waals surface area contributed by atoms with E-state index in [2.05, 4.69) is 52.9 Å². The minimum absolute atomic E-state index is 0.473. The third-order valence-corrected chi connectivity index (χ3v) is 5.59. The number of unbranched alkanes of at least 4 members (excludes halogenated alkanes) is 1. The van der Waals surface area contributed by atoms with E-state index >= 15 is 0 Å². The van der Waals surface area contributed by atoms with Crippen LogP contribution in [0.1, 0.15) is 92.9 Å². The maximum absolute atomic E-state index is 3.78. The monoisotopic (exact) mass is 307 g/mol. The van der Waals surface area contributed by atoms with Crippen LogP contribution in [-0.4, -0.2) is 12.6 Å². The van der Waals surface area contributed by atoms with Gasteiger partial charge in [0.05, 0.1) is 0 Å². The van der Waals surface area contributed by atoms with Crippen LogP contribution in [0.4, 0.5) is 0 Å². The summed E-state index contributed by atoms with van der Waals surface area (Å²) in [6.45, 7) is 15.4. The Morgan fingerprint density at radius 2 is 2.00 bits per heavy atom. The lowest BCUT2D eigenvalue weighted by Crippen LogP contribution is -2.30. The molecule has 0 bridgehead atoms.